The van der Waals surface area contributed by atoms with Crippen LogP contribution in [0.4, 0.5) is 0 Å². The summed E-state index contributed by atoms with van der Waals surface area (Å²) >= 11 is 0. The average molecular weight is 747 g/mol. The maximum Gasteiger partial charge on any atom is 0.0637 e. The van der Waals surface area contributed by atoms with Crippen LogP contribution in [0.2, 0.25) is 0 Å². The Bertz CT molecular complexity index is 956. The molecule has 0 heterocycles. The van der Waals surface area contributed by atoms with Gasteiger partial charge in [0.25, 0.3) is 0 Å². The van der Waals surface area contributed by atoms with Crippen molar-refractivity contribution in [3.63, 3.8) is 0 Å². The highest BCUT2D eigenvalue weighted by Crippen LogP contribution is 2.69. The van der Waals surface area contributed by atoms with E-state index < -0.39 is 0 Å². The maximum atomic E-state index is 7.06. The minimum Gasteiger partial charge on any atom is -0.378 e. The maximum absolute atomic E-state index is 7.06. The van der Waals surface area contributed by atoms with E-state index in [1.807, 2.05) is 0 Å². The van der Waals surface area contributed by atoms with Crippen molar-refractivity contribution in [3.8, 4) is 0 Å². The predicted octanol–water partition coefficient (Wildman–Crippen LogP) is 9.38. The lowest BCUT2D eigenvalue weighted by Crippen LogP contribution is -2.63. The fourth-order valence-electron chi connectivity index (χ4n) is 12.4. The van der Waals surface area contributed by atoms with Crippen LogP contribution in [0.1, 0.15) is 175 Å². The van der Waals surface area contributed by atoms with Crippen LogP contribution in [-0.4, -0.2) is 70.9 Å². The number of unbranched alkanes of at least 4 members (excludes halogenated alkanes) is 10. The van der Waals surface area contributed by atoms with E-state index in [0.717, 1.165) is 52.0 Å². The second-order valence-corrected chi connectivity index (χ2v) is 18.9. The molecule has 0 aromatic heterocycles. The zero-order valence-corrected chi connectivity index (χ0v) is 35.6. The van der Waals surface area contributed by atoms with Crippen LogP contribution in [0.3, 0.4) is 0 Å². The molecule has 4 fully saturated rings. The molecule has 53 heavy (non-hydrogen) atoms. The Hall–Kier alpha value is -0.280. The largest absolute Gasteiger partial charge is 0.378 e. The third-order valence-corrected chi connectivity index (χ3v) is 15.5. The summed E-state index contributed by atoms with van der Waals surface area (Å²) in [6.07, 6.45) is 30.5. The summed E-state index contributed by atoms with van der Waals surface area (Å²) in [7, 11) is 0. The molecule has 4 saturated carbocycles. The molecule has 7 heteroatoms. The molecule has 0 saturated heterocycles. The number of nitrogens with two attached hydrogens (primary N) is 3. The standard InChI is InChI=1S/C46H90N4O3/c1-5-6-7-8-9-10-11-12-13-14-15-28-50-29-16-20-36(2)39-21-22-40-44-41(35-43(46(39,40)4)53-32-19-27-49)45(3)24-23-38(51-30-17-25-47)33-37(45)34-42(44)52-31-18-26-48/h36-44,50H,5-35,47-49H2,1-4H3/t36-,37+,38?,39-,40+,41+,42-,43+,44+,45+,46-/m1/s1. The summed E-state index contributed by atoms with van der Waals surface area (Å²) in [6.45, 7) is 17.0. The Kier molecular flexibility index (Phi) is 21.0. The Balaban J connectivity index is 1.33. The van der Waals surface area contributed by atoms with Crippen molar-refractivity contribution in [2.75, 3.05) is 52.5 Å². The predicted molar refractivity (Wildman–Crippen MR) is 224 cm³/mol. The lowest BCUT2D eigenvalue weighted by Gasteiger charge is -2.65. The number of ether oxygens (including phenoxy) is 3. The molecule has 11 atom stereocenters. The minimum atomic E-state index is 0.180. The van der Waals surface area contributed by atoms with Crippen LogP contribution in [0.5, 0.6) is 0 Å². The van der Waals surface area contributed by atoms with E-state index in [2.05, 4.69) is 33.0 Å². The lowest BCUT2D eigenvalue weighted by atomic mass is 9.43. The van der Waals surface area contributed by atoms with E-state index in [-0.39, 0.29) is 5.41 Å². The smallest absolute Gasteiger partial charge is 0.0637 e. The first-order valence-corrected chi connectivity index (χ1v) is 23.5. The zero-order valence-electron chi connectivity index (χ0n) is 35.6. The van der Waals surface area contributed by atoms with Gasteiger partial charge < -0.3 is 36.7 Å². The molecule has 7 nitrogen and oxygen atoms in total. The molecule has 0 spiro atoms. The molecule has 312 valence electrons. The Morgan fingerprint density at radius 1 is 0.642 bits per heavy atom. The van der Waals surface area contributed by atoms with Crippen LogP contribution >= 0.6 is 0 Å². The second-order valence-electron chi connectivity index (χ2n) is 18.9. The highest BCUT2D eigenvalue weighted by atomic mass is 16.5. The molecule has 0 bridgehead atoms. The molecular formula is C46H90N4O3. The summed E-state index contributed by atoms with van der Waals surface area (Å²) < 4.78 is 20.4. The van der Waals surface area contributed by atoms with Crippen molar-refractivity contribution in [1.29, 1.82) is 0 Å². The highest BCUT2D eigenvalue weighted by Gasteiger charge is 2.66. The summed E-state index contributed by atoms with van der Waals surface area (Å²) in [5.41, 5.74) is 18.3. The zero-order chi connectivity index (χ0) is 37.9. The van der Waals surface area contributed by atoms with Gasteiger partial charge in [0.1, 0.15) is 0 Å². The molecule has 1 unspecified atom stereocenters. The molecule has 4 aliphatic carbocycles. The van der Waals surface area contributed by atoms with Crippen molar-refractivity contribution in [2.24, 2.45) is 63.5 Å². The van der Waals surface area contributed by atoms with Crippen LogP contribution in [0.15, 0.2) is 0 Å². The van der Waals surface area contributed by atoms with Gasteiger partial charge in [0.2, 0.25) is 0 Å². The molecule has 4 aliphatic rings. The molecule has 0 aromatic rings. The summed E-state index contributed by atoms with van der Waals surface area (Å²) in [6, 6.07) is 0. The summed E-state index contributed by atoms with van der Waals surface area (Å²) in [5, 5.41) is 3.81. The van der Waals surface area contributed by atoms with Gasteiger partial charge in [-0.15, -0.1) is 0 Å². The van der Waals surface area contributed by atoms with Gasteiger partial charge in [-0.25, -0.2) is 0 Å². The van der Waals surface area contributed by atoms with Crippen LogP contribution in [-0.2, 0) is 14.2 Å². The fourth-order valence-corrected chi connectivity index (χ4v) is 12.4. The van der Waals surface area contributed by atoms with Crippen molar-refractivity contribution in [2.45, 2.75) is 194 Å². The molecule has 0 amide bonds. The third kappa shape index (κ3) is 12.6. The average Bonchev–Trinajstić information content (AvgIpc) is 3.52. The van der Waals surface area contributed by atoms with Gasteiger partial charge in [0.05, 0.1) is 18.3 Å². The Labute approximate surface area is 328 Å². The van der Waals surface area contributed by atoms with E-state index in [0.29, 0.717) is 78.9 Å². The van der Waals surface area contributed by atoms with Crippen molar-refractivity contribution in [3.05, 3.63) is 0 Å². The molecule has 4 rings (SSSR count). The number of rotatable bonds is 29. The molecule has 7 N–H and O–H groups in total. The van der Waals surface area contributed by atoms with Crippen molar-refractivity contribution >= 4 is 0 Å². The first-order valence-electron chi connectivity index (χ1n) is 23.5. The molecular weight excluding hydrogens is 657 g/mol. The van der Waals surface area contributed by atoms with Gasteiger partial charge in [0, 0.05) is 25.2 Å². The van der Waals surface area contributed by atoms with Gasteiger partial charge in [-0.1, -0.05) is 91.9 Å². The van der Waals surface area contributed by atoms with Crippen LogP contribution < -0.4 is 22.5 Å². The third-order valence-electron chi connectivity index (χ3n) is 15.5. The number of hydrogen-bond acceptors (Lipinski definition) is 7. The Morgan fingerprint density at radius 2 is 1.25 bits per heavy atom. The monoisotopic (exact) mass is 747 g/mol. The van der Waals surface area contributed by atoms with E-state index >= 15 is 0 Å². The topological polar surface area (TPSA) is 118 Å². The quantitative estimate of drug-likeness (QED) is 0.0564. The van der Waals surface area contributed by atoms with Gasteiger partial charge >= 0.3 is 0 Å². The van der Waals surface area contributed by atoms with E-state index in [1.54, 1.807) is 0 Å². The first kappa shape index (κ1) is 45.4. The SMILES string of the molecule is CCCCCCCCCCCCCNCCC[C@@H](C)[C@H]1CC[C@H]2[C@@H]3[C@H](OCCCN)C[C@@H]4CC(OCCCN)CC[C@]4(C)[C@H]3C[C@H](OCCCN)[C@]12C. The lowest BCUT2D eigenvalue weighted by molar-refractivity contribution is -0.227. The summed E-state index contributed by atoms with van der Waals surface area (Å²) in [5.74, 6) is 3.91. The molecule has 0 radical (unpaired) electrons. The van der Waals surface area contributed by atoms with E-state index in [4.69, 9.17) is 31.4 Å². The number of hydrogen-bond donors (Lipinski definition) is 4. The van der Waals surface area contributed by atoms with Crippen LogP contribution in [0.25, 0.3) is 0 Å². The second kappa shape index (κ2) is 24.5. The van der Waals surface area contributed by atoms with E-state index in [1.165, 1.54) is 129 Å². The van der Waals surface area contributed by atoms with Gasteiger partial charge in [0.15, 0.2) is 0 Å². The number of fused-ring (bicyclic) bond motifs is 5. The summed E-state index contributed by atoms with van der Waals surface area (Å²) in [4.78, 5) is 0. The van der Waals surface area contributed by atoms with Gasteiger partial charge in [-0.05, 0) is 157 Å². The van der Waals surface area contributed by atoms with Crippen molar-refractivity contribution < 1.29 is 14.2 Å². The number of nitrogens with one attached hydrogen (secondary N) is 1. The van der Waals surface area contributed by atoms with Gasteiger partial charge in [-0.2, -0.15) is 0 Å². The van der Waals surface area contributed by atoms with Crippen LogP contribution in [0, 0.1) is 46.3 Å². The van der Waals surface area contributed by atoms with E-state index in [9.17, 15) is 0 Å². The molecule has 0 aliphatic heterocycles. The first-order chi connectivity index (χ1) is 25.8. The normalized spacial score (nSPS) is 34.5. The highest BCUT2D eigenvalue weighted by molar-refractivity contribution is 5.15. The Morgan fingerprint density at radius 3 is 1.91 bits per heavy atom. The molecule has 0 aromatic carbocycles. The fraction of sp³-hybridized carbons (Fsp3) is 1.00. The minimum absolute atomic E-state index is 0.180. The van der Waals surface area contributed by atoms with Crippen molar-refractivity contribution in [1.82, 2.24) is 5.32 Å². The van der Waals surface area contributed by atoms with Gasteiger partial charge in [-0.3, -0.25) is 0 Å².